The van der Waals surface area contributed by atoms with Gasteiger partial charge in [-0.05, 0) is 18.4 Å². The Hall–Kier alpha value is -1.61. The minimum atomic E-state index is 0.0282. The molecule has 0 aliphatic carbocycles. The van der Waals surface area contributed by atoms with E-state index in [1.165, 1.54) is 5.56 Å². The fourth-order valence-electron chi connectivity index (χ4n) is 2.04. The predicted molar refractivity (Wildman–Crippen MR) is 69.7 cm³/mol. The molecule has 0 saturated heterocycles. The van der Waals surface area contributed by atoms with Crippen LogP contribution in [0.2, 0.25) is 0 Å². The zero-order chi connectivity index (χ0) is 12.3. The highest BCUT2D eigenvalue weighted by atomic mass is 15.1. The summed E-state index contributed by atoms with van der Waals surface area (Å²) >= 11 is 0. The highest BCUT2D eigenvalue weighted by Gasteiger charge is 2.10. The third-order valence-corrected chi connectivity index (χ3v) is 3.05. The van der Waals surface area contributed by atoms with E-state index >= 15 is 0 Å². The van der Waals surface area contributed by atoms with Gasteiger partial charge in [0.05, 0.1) is 12.0 Å². The van der Waals surface area contributed by atoms with Gasteiger partial charge < -0.3 is 10.3 Å². The summed E-state index contributed by atoms with van der Waals surface area (Å²) in [5.74, 6) is 0.461. The van der Waals surface area contributed by atoms with Crippen LogP contribution in [-0.2, 0) is 6.54 Å². The average Bonchev–Trinajstić information content (AvgIpc) is 2.78. The highest BCUT2D eigenvalue weighted by molar-refractivity contribution is 5.19. The van der Waals surface area contributed by atoms with E-state index in [4.69, 9.17) is 5.73 Å². The van der Waals surface area contributed by atoms with Crippen LogP contribution >= 0.6 is 0 Å². The van der Waals surface area contributed by atoms with E-state index in [-0.39, 0.29) is 6.04 Å². The Kier molecular flexibility index (Phi) is 3.59. The van der Waals surface area contributed by atoms with Crippen molar-refractivity contribution in [2.24, 2.45) is 5.73 Å². The Bertz CT molecular complexity index is 459. The van der Waals surface area contributed by atoms with Gasteiger partial charge in [0.15, 0.2) is 0 Å². The summed E-state index contributed by atoms with van der Waals surface area (Å²) < 4.78 is 2.14. The molecular weight excluding hydrogens is 210 g/mol. The molecule has 2 atom stereocenters. The van der Waals surface area contributed by atoms with E-state index < -0.39 is 0 Å². The second-order valence-corrected chi connectivity index (χ2v) is 4.57. The van der Waals surface area contributed by atoms with Crippen LogP contribution in [0, 0.1) is 0 Å². The molecular formula is C14H19N3. The summed E-state index contributed by atoms with van der Waals surface area (Å²) in [6.45, 7) is 5.13. The minimum absolute atomic E-state index is 0.0282. The molecule has 2 rings (SSSR count). The van der Waals surface area contributed by atoms with Crippen molar-refractivity contribution in [1.29, 1.82) is 0 Å². The second-order valence-electron chi connectivity index (χ2n) is 4.57. The third-order valence-electron chi connectivity index (χ3n) is 3.05. The Morgan fingerprint density at radius 2 is 1.94 bits per heavy atom. The number of rotatable bonds is 4. The van der Waals surface area contributed by atoms with Gasteiger partial charge in [-0.15, -0.1) is 0 Å². The van der Waals surface area contributed by atoms with Gasteiger partial charge in [-0.1, -0.05) is 37.3 Å². The molecule has 17 heavy (non-hydrogen) atoms. The summed E-state index contributed by atoms with van der Waals surface area (Å²) in [5, 5.41) is 0. The van der Waals surface area contributed by atoms with Crippen LogP contribution in [0.1, 0.15) is 37.1 Å². The fourth-order valence-corrected chi connectivity index (χ4v) is 2.04. The van der Waals surface area contributed by atoms with Crippen LogP contribution in [0.3, 0.4) is 0 Å². The number of nitrogens with zero attached hydrogens (tertiary/aromatic N) is 2. The van der Waals surface area contributed by atoms with Gasteiger partial charge in [-0.2, -0.15) is 0 Å². The maximum Gasteiger partial charge on any atom is 0.0948 e. The van der Waals surface area contributed by atoms with E-state index in [9.17, 15) is 0 Å². The van der Waals surface area contributed by atoms with Crippen molar-refractivity contribution in [3.8, 4) is 0 Å². The van der Waals surface area contributed by atoms with E-state index in [0.29, 0.717) is 5.92 Å². The van der Waals surface area contributed by atoms with Crippen molar-refractivity contribution in [2.45, 2.75) is 32.4 Å². The molecule has 3 heteroatoms. The van der Waals surface area contributed by atoms with Crippen LogP contribution in [0.25, 0.3) is 0 Å². The van der Waals surface area contributed by atoms with Crippen molar-refractivity contribution >= 4 is 0 Å². The zero-order valence-corrected chi connectivity index (χ0v) is 10.4. The van der Waals surface area contributed by atoms with Gasteiger partial charge in [-0.25, -0.2) is 4.98 Å². The fraction of sp³-hybridized carbons (Fsp3) is 0.357. The third kappa shape index (κ3) is 2.74. The molecule has 0 spiro atoms. The van der Waals surface area contributed by atoms with Crippen LogP contribution in [0.15, 0.2) is 42.9 Å². The molecule has 2 N–H and O–H groups in total. The largest absolute Gasteiger partial charge is 0.333 e. The smallest absolute Gasteiger partial charge is 0.0948 e. The lowest BCUT2D eigenvalue weighted by Gasteiger charge is -2.16. The van der Waals surface area contributed by atoms with E-state index in [2.05, 4.69) is 40.7 Å². The maximum absolute atomic E-state index is 5.91. The van der Waals surface area contributed by atoms with Gasteiger partial charge in [0.25, 0.3) is 0 Å². The van der Waals surface area contributed by atoms with Crippen LogP contribution in [0.4, 0.5) is 0 Å². The number of nitrogens with two attached hydrogens (primary N) is 1. The molecule has 0 amide bonds. The summed E-state index contributed by atoms with van der Waals surface area (Å²) in [7, 11) is 0. The molecule has 90 valence electrons. The van der Waals surface area contributed by atoms with Crippen molar-refractivity contribution in [1.82, 2.24) is 9.55 Å². The topological polar surface area (TPSA) is 43.8 Å². The number of imidazole rings is 1. The van der Waals surface area contributed by atoms with Crippen molar-refractivity contribution < 1.29 is 0 Å². The normalized spacial score (nSPS) is 14.5. The SMILES string of the molecule is CC(Cn1cncc1[C@H](C)N)c1ccccc1. The highest BCUT2D eigenvalue weighted by Crippen LogP contribution is 2.19. The number of hydrogen-bond donors (Lipinski definition) is 1. The molecule has 1 unspecified atom stereocenters. The molecule has 0 aliphatic heterocycles. The molecule has 1 aromatic heterocycles. The molecule has 0 saturated carbocycles. The van der Waals surface area contributed by atoms with Gasteiger partial charge >= 0.3 is 0 Å². The van der Waals surface area contributed by atoms with Gasteiger partial charge in [0.2, 0.25) is 0 Å². The first-order valence-electron chi connectivity index (χ1n) is 5.99. The summed E-state index contributed by atoms with van der Waals surface area (Å²) in [4.78, 5) is 4.17. The number of aromatic nitrogens is 2. The van der Waals surface area contributed by atoms with Crippen LogP contribution in [-0.4, -0.2) is 9.55 Å². The van der Waals surface area contributed by atoms with Gasteiger partial charge in [0.1, 0.15) is 0 Å². The van der Waals surface area contributed by atoms with Crippen molar-refractivity contribution in [3.05, 3.63) is 54.1 Å². The molecule has 1 aromatic carbocycles. The quantitative estimate of drug-likeness (QED) is 0.876. The van der Waals surface area contributed by atoms with E-state index in [1.54, 1.807) is 0 Å². The molecule has 3 nitrogen and oxygen atoms in total. The van der Waals surface area contributed by atoms with Crippen molar-refractivity contribution in [2.75, 3.05) is 0 Å². The molecule has 0 radical (unpaired) electrons. The van der Waals surface area contributed by atoms with Crippen LogP contribution in [0.5, 0.6) is 0 Å². The first-order valence-corrected chi connectivity index (χ1v) is 5.99. The Balaban J connectivity index is 2.13. The zero-order valence-electron chi connectivity index (χ0n) is 10.4. The average molecular weight is 229 g/mol. The summed E-state index contributed by atoms with van der Waals surface area (Å²) in [6.07, 6.45) is 3.71. The standard InChI is InChI=1S/C14H19N3/c1-11(13-6-4-3-5-7-13)9-17-10-16-8-14(17)12(2)15/h3-8,10-12H,9,15H2,1-2H3/t11?,12-/m0/s1. The van der Waals surface area contributed by atoms with Crippen molar-refractivity contribution in [3.63, 3.8) is 0 Å². The van der Waals surface area contributed by atoms with E-state index in [1.807, 2.05) is 25.5 Å². The lowest BCUT2D eigenvalue weighted by Crippen LogP contribution is -2.14. The molecule has 0 fully saturated rings. The first kappa shape index (κ1) is 11.9. The first-order chi connectivity index (χ1) is 8.18. The summed E-state index contributed by atoms with van der Waals surface area (Å²) in [6, 6.07) is 10.5. The lowest BCUT2D eigenvalue weighted by atomic mass is 10.0. The Morgan fingerprint density at radius 3 is 2.59 bits per heavy atom. The Labute approximate surface area is 102 Å². The number of benzene rings is 1. The molecule has 2 aromatic rings. The predicted octanol–water partition coefficient (Wildman–Crippen LogP) is 2.71. The molecule has 0 aliphatic rings. The minimum Gasteiger partial charge on any atom is -0.333 e. The number of hydrogen-bond acceptors (Lipinski definition) is 2. The van der Waals surface area contributed by atoms with E-state index in [0.717, 1.165) is 12.2 Å². The molecule has 1 heterocycles. The second kappa shape index (κ2) is 5.15. The summed E-state index contributed by atoms with van der Waals surface area (Å²) in [5.41, 5.74) is 8.35. The Morgan fingerprint density at radius 1 is 1.24 bits per heavy atom. The van der Waals surface area contributed by atoms with Gasteiger partial charge in [0, 0.05) is 18.8 Å². The van der Waals surface area contributed by atoms with Gasteiger partial charge in [-0.3, -0.25) is 0 Å². The van der Waals surface area contributed by atoms with Crippen LogP contribution < -0.4 is 5.73 Å². The molecule has 0 bridgehead atoms. The lowest BCUT2D eigenvalue weighted by molar-refractivity contribution is 0.559. The monoisotopic (exact) mass is 229 g/mol. The maximum atomic E-state index is 5.91.